The summed E-state index contributed by atoms with van der Waals surface area (Å²) in [5.41, 5.74) is 3.18. The van der Waals surface area contributed by atoms with Crippen LogP contribution in [0.25, 0.3) is 0 Å². The third-order valence-electron chi connectivity index (χ3n) is 2.98. The molecule has 1 aromatic carbocycles. The van der Waals surface area contributed by atoms with Crippen molar-refractivity contribution in [2.24, 2.45) is 0 Å². The summed E-state index contributed by atoms with van der Waals surface area (Å²) in [5.74, 6) is 0.0800. The molecule has 0 atom stereocenters. The van der Waals surface area contributed by atoms with Crippen LogP contribution in [0.4, 0.5) is 5.69 Å². The number of unbranched alkanes of at least 4 members (excludes halogenated alkanes) is 1. The molecule has 0 bridgehead atoms. The average Bonchev–Trinajstić information content (AvgIpc) is 2.34. The number of aryl methyl sites for hydroxylation is 2. The second-order valence-electron chi connectivity index (χ2n) is 4.67. The minimum Gasteiger partial charge on any atom is -0.326 e. The number of carbonyl (C=O) groups is 1. The largest absolute Gasteiger partial charge is 0.326 e. The fourth-order valence-electron chi connectivity index (χ4n) is 1.84. The lowest BCUT2D eigenvalue weighted by molar-refractivity contribution is -0.116. The number of anilines is 1. The molecule has 0 aliphatic rings. The van der Waals surface area contributed by atoms with Crippen molar-refractivity contribution in [1.29, 1.82) is 0 Å². The summed E-state index contributed by atoms with van der Waals surface area (Å²) in [7, 11) is 0. The Kier molecular flexibility index (Phi) is 6.44. The van der Waals surface area contributed by atoms with Gasteiger partial charge in [0.25, 0.3) is 0 Å². The van der Waals surface area contributed by atoms with Crippen LogP contribution in [-0.2, 0) is 4.79 Å². The summed E-state index contributed by atoms with van der Waals surface area (Å²) < 4.78 is 0. The number of amides is 1. The van der Waals surface area contributed by atoms with Crippen molar-refractivity contribution in [3.05, 3.63) is 29.3 Å². The van der Waals surface area contributed by atoms with Crippen LogP contribution in [0, 0.1) is 13.8 Å². The lowest BCUT2D eigenvalue weighted by atomic mass is 10.1. The standard InChI is InChI=1S/C15H24N2O/c1-4-5-10-16-11-9-14(18)17-15-12(2)7-6-8-13(15)3/h6-8,16H,4-5,9-11H2,1-3H3,(H,17,18). The molecular formula is C15H24N2O. The smallest absolute Gasteiger partial charge is 0.225 e. The number of carbonyl (C=O) groups excluding carboxylic acids is 1. The number of benzene rings is 1. The average molecular weight is 248 g/mol. The molecule has 0 unspecified atom stereocenters. The van der Waals surface area contributed by atoms with Gasteiger partial charge in [-0.05, 0) is 37.9 Å². The SMILES string of the molecule is CCCCNCCC(=O)Nc1c(C)cccc1C. The first-order chi connectivity index (χ1) is 8.65. The van der Waals surface area contributed by atoms with Gasteiger partial charge < -0.3 is 10.6 Å². The third kappa shape index (κ3) is 4.88. The van der Waals surface area contributed by atoms with Crippen LogP contribution in [0.3, 0.4) is 0 Å². The number of hydrogen-bond donors (Lipinski definition) is 2. The van der Waals surface area contributed by atoms with E-state index in [-0.39, 0.29) is 5.91 Å². The highest BCUT2D eigenvalue weighted by Gasteiger charge is 2.06. The summed E-state index contributed by atoms with van der Waals surface area (Å²) in [6.07, 6.45) is 2.87. The maximum absolute atomic E-state index is 11.8. The highest BCUT2D eigenvalue weighted by molar-refractivity contribution is 5.92. The number of rotatable bonds is 7. The molecule has 0 saturated carbocycles. The second kappa shape index (κ2) is 7.88. The Balaban J connectivity index is 2.36. The van der Waals surface area contributed by atoms with E-state index in [0.717, 1.165) is 29.9 Å². The van der Waals surface area contributed by atoms with Gasteiger partial charge in [0.15, 0.2) is 0 Å². The van der Waals surface area contributed by atoms with Crippen LogP contribution in [0.5, 0.6) is 0 Å². The molecule has 2 N–H and O–H groups in total. The van der Waals surface area contributed by atoms with Gasteiger partial charge in [-0.2, -0.15) is 0 Å². The molecule has 3 heteroatoms. The third-order valence-corrected chi connectivity index (χ3v) is 2.98. The van der Waals surface area contributed by atoms with Gasteiger partial charge in [0.05, 0.1) is 0 Å². The minimum absolute atomic E-state index is 0.0800. The Morgan fingerprint density at radius 2 is 1.83 bits per heavy atom. The quantitative estimate of drug-likeness (QED) is 0.728. The summed E-state index contributed by atoms with van der Waals surface area (Å²) >= 11 is 0. The van der Waals surface area contributed by atoms with Gasteiger partial charge in [0.1, 0.15) is 0 Å². The first-order valence-corrected chi connectivity index (χ1v) is 6.72. The van der Waals surface area contributed by atoms with Crippen LogP contribution in [0.1, 0.15) is 37.3 Å². The minimum atomic E-state index is 0.0800. The zero-order valence-corrected chi connectivity index (χ0v) is 11.7. The highest BCUT2D eigenvalue weighted by Crippen LogP contribution is 2.19. The van der Waals surface area contributed by atoms with E-state index in [9.17, 15) is 4.79 Å². The monoisotopic (exact) mass is 248 g/mol. The van der Waals surface area contributed by atoms with E-state index in [1.54, 1.807) is 0 Å². The van der Waals surface area contributed by atoms with Crippen molar-refractivity contribution >= 4 is 11.6 Å². The van der Waals surface area contributed by atoms with Gasteiger partial charge in [-0.3, -0.25) is 4.79 Å². The van der Waals surface area contributed by atoms with Crippen molar-refractivity contribution in [2.75, 3.05) is 18.4 Å². The predicted octanol–water partition coefficient (Wildman–Crippen LogP) is 3.02. The Morgan fingerprint density at radius 1 is 1.17 bits per heavy atom. The van der Waals surface area contributed by atoms with E-state index in [2.05, 4.69) is 17.6 Å². The predicted molar refractivity (Wildman–Crippen MR) is 76.9 cm³/mol. The van der Waals surface area contributed by atoms with Gasteiger partial charge in [0.2, 0.25) is 5.91 Å². The van der Waals surface area contributed by atoms with Crippen LogP contribution >= 0.6 is 0 Å². The van der Waals surface area contributed by atoms with Gasteiger partial charge >= 0.3 is 0 Å². The molecule has 1 amide bonds. The molecule has 1 rings (SSSR count). The molecule has 3 nitrogen and oxygen atoms in total. The highest BCUT2D eigenvalue weighted by atomic mass is 16.1. The maximum atomic E-state index is 11.8. The number of hydrogen-bond acceptors (Lipinski definition) is 2. The Labute approximate surface area is 110 Å². The van der Waals surface area contributed by atoms with Crippen molar-refractivity contribution in [1.82, 2.24) is 5.32 Å². The summed E-state index contributed by atoms with van der Waals surface area (Å²) in [6, 6.07) is 6.04. The molecule has 0 spiro atoms. The second-order valence-corrected chi connectivity index (χ2v) is 4.67. The summed E-state index contributed by atoms with van der Waals surface area (Å²) in [6.45, 7) is 7.93. The normalized spacial score (nSPS) is 10.4. The fraction of sp³-hybridized carbons (Fsp3) is 0.533. The summed E-state index contributed by atoms with van der Waals surface area (Å²) in [5, 5.41) is 6.26. The molecule has 0 aliphatic heterocycles. The van der Waals surface area contributed by atoms with Gasteiger partial charge in [-0.15, -0.1) is 0 Å². The van der Waals surface area contributed by atoms with E-state index in [1.165, 1.54) is 12.8 Å². The van der Waals surface area contributed by atoms with Crippen molar-refractivity contribution in [2.45, 2.75) is 40.0 Å². The zero-order valence-electron chi connectivity index (χ0n) is 11.7. The molecule has 0 aromatic heterocycles. The molecule has 0 saturated heterocycles. The molecule has 0 fully saturated rings. The zero-order chi connectivity index (χ0) is 13.4. The molecular weight excluding hydrogens is 224 g/mol. The van der Waals surface area contributed by atoms with E-state index in [4.69, 9.17) is 0 Å². The summed E-state index contributed by atoms with van der Waals surface area (Å²) in [4.78, 5) is 11.8. The lowest BCUT2D eigenvalue weighted by Gasteiger charge is -2.11. The van der Waals surface area contributed by atoms with Gasteiger partial charge in [0, 0.05) is 18.7 Å². The van der Waals surface area contributed by atoms with Crippen LogP contribution in [0.2, 0.25) is 0 Å². The molecule has 1 aromatic rings. The van der Waals surface area contributed by atoms with E-state index in [0.29, 0.717) is 6.42 Å². The number of para-hydroxylation sites is 1. The van der Waals surface area contributed by atoms with Crippen molar-refractivity contribution < 1.29 is 4.79 Å². The molecule has 0 radical (unpaired) electrons. The molecule has 0 heterocycles. The van der Waals surface area contributed by atoms with Crippen molar-refractivity contribution in [3.8, 4) is 0 Å². The maximum Gasteiger partial charge on any atom is 0.225 e. The Morgan fingerprint density at radius 3 is 2.44 bits per heavy atom. The van der Waals surface area contributed by atoms with Crippen molar-refractivity contribution in [3.63, 3.8) is 0 Å². The van der Waals surface area contributed by atoms with Gasteiger partial charge in [-0.25, -0.2) is 0 Å². The first-order valence-electron chi connectivity index (χ1n) is 6.72. The molecule has 18 heavy (non-hydrogen) atoms. The lowest BCUT2D eigenvalue weighted by Crippen LogP contribution is -2.23. The van der Waals surface area contributed by atoms with E-state index >= 15 is 0 Å². The topological polar surface area (TPSA) is 41.1 Å². The Bertz CT molecular complexity index is 368. The van der Waals surface area contributed by atoms with Gasteiger partial charge in [-0.1, -0.05) is 31.5 Å². The van der Waals surface area contributed by atoms with E-state index in [1.807, 2.05) is 32.0 Å². The Hall–Kier alpha value is -1.35. The van der Waals surface area contributed by atoms with Crippen LogP contribution in [0.15, 0.2) is 18.2 Å². The fourth-order valence-corrected chi connectivity index (χ4v) is 1.84. The van der Waals surface area contributed by atoms with Crippen LogP contribution in [-0.4, -0.2) is 19.0 Å². The first kappa shape index (κ1) is 14.7. The van der Waals surface area contributed by atoms with E-state index < -0.39 is 0 Å². The molecule has 0 aliphatic carbocycles. The number of nitrogens with one attached hydrogen (secondary N) is 2. The molecule has 100 valence electrons. The van der Waals surface area contributed by atoms with Crippen LogP contribution < -0.4 is 10.6 Å².